The summed E-state index contributed by atoms with van der Waals surface area (Å²) in [6.07, 6.45) is 6.90. The quantitative estimate of drug-likeness (QED) is 0.556. The second-order valence-corrected chi connectivity index (χ2v) is 11.3. The molecule has 0 atom stereocenters. The highest BCUT2D eigenvalue weighted by Crippen LogP contribution is 2.60. The Hall–Kier alpha value is -2.74. The first kappa shape index (κ1) is 23.0. The van der Waals surface area contributed by atoms with Crippen molar-refractivity contribution in [3.8, 4) is 0 Å². The third kappa shape index (κ3) is 5.17. The molecule has 4 aliphatic carbocycles. The summed E-state index contributed by atoms with van der Waals surface area (Å²) in [7, 11) is 0. The van der Waals surface area contributed by atoms with E-state index in [1.165, 1.54) is 30.6 Å². The number of amides is 2. The van der Waals surface area contributed by atoms with Gasteiger partial charge in [0.15, 0.2) is 0 Å². The number of nitrogens with zero attached hydrogens (tertiary/aromatic N) is 1. The maximum Gasteiger partial charge on any atom is 0.325 e. The van der Waals surface area contributed by atoms with Gasteiger partial charge in [-0.3, -0.25) is 14.4 Å². The standard InChI is InChI=1S/C26H31N3O4S/c1-16-2-4-20(5-3-16)28-22(30)9-23-29-21(15-34-23)14-33-24(31)13-27-25(32)26-10-17-6-18(11-26)8-19(7-17)12-26/h2-5,15,17-19H,6-14H2,1H3,(H,27,32)(H,28,30). The summed E-state index contributed by atoms with van der Waals surface area (Å²) >= 11 is 1.36. The van der Waals surface area contributed by atoms with Gasteiger partial charge in [-0.1, -0.05) is 17.7 Å². The lowest BCUT2D eigenvalue weighted by Crippen LogP contribution is -2.54. The molecule has 2 aromatic rings. The maximum atomic E-state index is 13.0. The number of thiazole rings is 1. The van der Waals surface area contributed by atoms with Crippen LogP contribution in [0.25, 0.3) is 0 Å². The maximum absolute atomic E-state index is 13.0. The van der Waals surface area contributed by atoms with Crippen LogP contribution in [0.5, 0.6) is 0 Å². The number of ether oxygens (including phenoxy) is 1. The molecule has 1 aromatic carbocycles. The second-order valence-electron chi connectivity index (χ2n) is 10.4. The highest BCUT2D eigenvalue weighted by atomic mass is 32.1. The molecule has 1 heterocycles. The molecule has 2 N–H and O–H groups in total. The van der Waals surface area contributed by atoms with Gasteiger partial charge in [-0.2, -0.15) is 0 Å². The molecule has 4 fully saturated rings. The van der Waals surface area contributed by atoms with Crippen LogP contribution in [0.15, 0.2) is 29.6 Å². The fourth-order valence-corrected chi connectivity index (χ4v) is 7.19. The molecule has 4 saturated carbocycles. The Kier molecular flexibility index (Phi) is 6.42. The number of carbonyl (C=O) groups is 3. The van der Waals surface area contributed by atoms with Crippen molar-refractivity contribution in [3.63, 3.8) is 0 Å². The molecule has 4 bridgehead atoms. The summed E-state index contributed by atoms with van der Waals surface area (Å²) in [5.74, 6) is 1.46. The first-order valence-electron chi connectivity index (χ1n) is 12.1. The van der Waals surface area contributed by atoms with Crippen LogP contribution in [0, 0.1) is 30.1 Å². The van der Waals surface area contributed by atoms with E-state index >= 15 is 0 Å². The van der Waals surface area contributed by atoms with Crippen LogP contribution >= 0.6 is 11.3 Å². The molecule has 34 heavy (non-hydrogen) atoms. The molecule has 0 unspecified atom stereocenters. The van der Waals surface area contributed by atoms with Crippen molar-refractivity contribution in [1.82, 2.24) is 10.3 Å². The van der Waals surface area contributed by atoms with Gasteiger partial charge in [-0.15, -0.1) is 11.3 Å². The number of aryl methyl sites for hydroxylation is 1. The summed E-state index contributed by atoms with van der Waals surface area (Å²) in [5.41, 5.74) is 2.21. The van der Waals surface area contributed by atoms with Crippen LogP contribution in [0.2, 0.25) is 0 Å². The van der Waals surface area contributed by atoms with E-state index in [2.05, 4.69) is 15.6 Å². The smallest absolute Gasteiger partial charge is 0.325 e. The zero-order chi connectivity index (χ0) is 23.7. The highest BCUT2D eigenvalue weighted by molar-refractivity contribution is 7.09. The van der Waals surface area contributed by atoms with E-state index < -0.39 is 5.97 Å². The third-order valence-electron chi connectivity index (χ3n) is 7.54. The van der Waals surface area contributed by atoms with Crippen molar-refractivity contribution in [3.05, 3.63) is 45.9 Å². The lowest BCUT2D eigenvalue weighted by atomic mass is 9.49. The number of nitrogens with one attached hydrogen (secondary N) is 2. The topological polar surface area (TPSA) is 97.4 Å². The fourth-order valence-electron chi connectivity index (χ4n) is 6.41. The van der Waals surface area contributed by atoms with Crippen LogP contribution in [0.1, 0.15) is 54.8 Å². The Morgan fingerprint density at radius 3 is 2.35 bits per heavy atom. The van der Waals surface area contributed by atoms with Gasteiger partial charge in [0.05, 0.1) is 12.1 Å². The van der Waals surface area contributed by atoms with E-state index in [-0.39, 0.29) is 36.8 Å². The van der Waals surface area contributed by atoms with E-state index in [0.717, 1.165) is 30.5 Å². The van der Waals surface area contributed by atoms with E-state index in [9.17, 15) is 14.4 Å². The highest BCUT2D eigenvalue weighted by Gasteiger charge is 2.54. The first-order chi connectivity index (χ1) is 16.4. The van der Waals surface area contributed by atoms with Crippen molar-refractivity contribution < 1.29 is 19.1 Å². The summed E-state index contributed by atoms with van der Waals surface area (Å²) in [6, 6.07) is 7.61. The van der Waals surface area contributed by atoms with Crippen molar-refractivity contribution in [2.45, 2.75) is 58.5 Å². The number of carbonyl (C=O) groups excluding carboxylic acids is 3. The summed E-state index contributed by atoms with van der Waals surface area (Å²) < 4.78 is 5.31. The van der Waals surface area contributed by atoms with E-state index in [1.54, 1.807) is 5.38 Å². The molecule has 180 valence electrons. The molecule has 0 saturated heterocycles. The van der Waals surface area contributed by atoms with E-state index in [1.807, 2.05) is 31.2 Å². The molecule has 4 aliphatic rings. The average Bonchev–Trinajstić information content (AvgIpc) is 3.23. The molecule has 1 aromatic heterocycles. The molecular formula is C26H31N3O4S. The van der Waals surface area contributed by atoms with Gasteiger partial charge in [-0.25, -0.2) is 4.98 Å². The van der Waals surface area contributed by atoms with Gasteiger partial charge in [0.2, 0.25) is 11.8 Å². The molecule has 7 nitrogen and oxygen atoms in total. The Bertz CT molecular complexity index is 1040. The molecule has 0 aliphatic heterocycles. The lowest BCUT2D eigenvalue weighted by molar-refractivity contribution is -0.151. The molecule has 0 spiro atoms. The van der Waals surface area contributed by atoms with Crippen LogP contribution < -0.4 is 10.6 Å². The van der Waals surface area contributed by atoms with Gasteiger partial charge < -0.3 is 15.4 Å². The van der Waals surface area contributed by atoms with Crippen LogP contribution in [0.4, 0.5) is 5.69 Å². The second kappa shape index (κ2) is 9.49. The molecule has 8 heteroatoms. The predicted molar refractivity (Wildman–Crippen MR) is 129 cm³/mol. The van der Waals surface area contributed by atoms with E-state index in [4.69, 9.17) is 4.74 Å². The average molecular weight is 482 g/mol. The Labute approximate surface area is 203 Å². The monoisotopic (exact) mass is 481 g/mol. The predicted octanol–water partition coefficient (Wildman–Crippen LogP) is 4.01. The zero-order valence-electron chi connectivity index (χ0n) is 19.5. The number of aromatic nitrogens is 1. The van der Waals surface area contributed by atoms with Gasteiger partial charge >= 0.3 is 5.97 Å². The number of hydrogen-bond donors (Lipinski definition) is 2. The number of esters is 1. The number of benzene rings is 1. The zero-order valence-corrected chi connectivity index (χ0v) is 20.3. The number of hydrogen-bond acceptors (Lipinski definition) is 6. The normalized spacial score (nSPS) is 26.8. The summed E-state index contributed by atoms with van der Waals surface area (Å²) in [4.78, 5) is 41.8. The SMILES string of the molecule is Cc1ccc(NC(=O)Cc2nc(COC(=O)CNC(=O)C34CC5CC(CC(C5)C3)C4)cs2)cc1. The molecule has 6 rings (SSSR count). The van der Waals surface area contributed by atoms with Crippen molar-refractivity contribution in [1.29, 1.82) is 0 Å². The van der Waals surface area contributed by atoms with Crippen molar-refractivity contribution >= 4 is 34.8 Å². The molecule has 0 radical (unpaired) electrons. The Morgan fingerprint density at radius 1 is 1.06 bits per heavy atom. The summed E-state index contributed by atoms with van der Waals surface area (Å²) in [6.45, 7) is 1.91. The fraction of sp³-hybridized carbons (Fsp3) is 0.538. The van der Waals surface area contributed by atoms with Crippen LogP contribution in [-0.2, 0) is 32.1 Å². The van der Waals surface area contributed by atoms with Crippen molar-refractivity contribution in [2.24, 2.45) is 23.2 Å². The largest absolute Gasteiger partial charge is 0.458 e. The molecular weight excluding hydrogens is 450 g/mol. The Morgan fingerprint density at radius 2 is 1.71 bits per heavy atom. The first-order valence-corrected chi connectivity index (χ1v) is 13.0. The minimum Gasteiger partial charge on any atom is -0.458 e. The third-order valence-corrected chi connectivity index (χ3v) is 8.44. The van der Waals surface area contributed by atoms with Gasteiger partial charge in [-0.05, 0) is 75.3 Å². The van der Waals surface area contributed by atoms with Gasteiger partial charge in [0.1, 0.15) is 18.2 Å². The van der Waals surface area contributed by atoms with Gasteiger partial charge in [0.25, 0.3) is 0 Å². The van der Waals surface area contributed by atoms with Crippen LogP contribution in [0.3, 0.4) is 0 Å². The number of anilines is 1. The summed E-state index contributed by atoms with van der Waals surface area (Å²) in [5, 5.41) is 8.15. The van der Waals surface area contributed by atoms with Crippen molar-refractivity contribution in [2.75, 3.05) is 11.9 Å². The Balaban J connectivity index is 1.05. The minimum absolute atomic E-state index is 0.0269. The number of rotatable bonds is 8. The lowest BCUT2D eigenvalue weighted by Gasteiger charge is -2.55. The molecule has 2 amide bonds. The van der Waals surface area contributed by atoms with Crippen LogP contribution in [-0.4, -0.2) is 29.3 Å². The van der Waals surface area contributed by atoms with E-state index in [0.29, 0.717) is 28.5 Å². The minimum atomic E-state index is -0.468. The van der Waals surface area contributed by atoms with Gasteiger partial charge in [0, 0.05) is 16.5 Å².